The van der Waals surface area contributed by atoms with Crippen LogP contribution in [0.15, 0.2) is 0 Å². The summed E-state index contributed by atoms with van der Waals surface area (Å²) < 4.78 is 13.0. The van der Waals surface area contributed by atoms with E-state index in [-0.39, 0.29) is 5.92 Å². The molecule has 0 spiro atoms. The average Bonchev–Trinajstić information content (AvgIpc) is 2.36. The van der Waals surface area contributed by atoms with Gasteiger partial charge in [0.25, 0.3) is 0 Å². The van der Waals surface area contributed by atoms with Crippen molar-refractivity contribution in [3.05, 3.63) is 0 Å². The van der Waals surface area contributed by atoms with Gasteiger partial charge < -0.3 is 5.11 Å². The van der Waals surface area contributed by atoms with Crippen LogP contribution in [0.5, 0.6) is 0 Å². The highest BCUT2D eigenvalue weighted by atomic mass is 19.1. The highest BCUT2D eigenvalue weighted by Crippen LogP contribution is 2.30. The molecular weight excluding hydrogens is 131 g/mol. The first-order valence-corrected chi connectivity index (χ1v) is 4.04. The molecule has 0 aliphatic heterocycles. The third kappa shape index (κ3) is 1.69. The van der Waals surface area contributed by atoms with Crippen molar-refractivity contribution in [1.82, 2.24) is 0 Å². The molecule has 2 unspecified atom stereocenters. The van der Waals surface area contributed by atoms with E-state index in [9.17, 15) is 4.39 Å². The number of rotatable bonds is 2. The molecule has 1 aliphatic rings. The maximum atomic E-state index is 13.0. The quantitative estimate of drug-likeness (QED) is 0.630. The second-order valence-electron chi connectivity index (χ2n) is 3.23. The molecule has 0 bridgehead atoms. The predicted molar refractivity (Wildman–Crippen MR) is 38.5 cm³/mol. The lowest BCUT2D eigenvalue weighted by molar-refractivity contribution is 0.0563. The van der Waals surface area contributed by atoms with Crippen LogP contribution in [-0.4, -0.2) is 17.4 Å². The topological polar surface area (TPSA) is 20.2 Å². The van der Waals surface area contributed by atoms with E-state index in [1.807, 2.05) is 0 Å². The van der Waals surface area contributed by atoms with Crippen LogP contribution in [0.3, 0.4) is 0 Å². The Morgan fingerprint density at radius 3 is 2.30 bits per heavy atom. The van der Waals surface area contributed by atoms with E-state index in [4.69, 9.17) is 5.11 Å². The minimum absolute atomic E-state index is 0.139. The molecule has 0 aromatic carbocycles. The van der Waals surface area contributed by atoms with Gasteiger partial charge in [0.1, 0.15) is 6.17 Å². The molecule has 0 aromatic rings. The number of aliphatic hydroxyl groups is 1. The van der Waals surface area contributed by atoms with Crippen molar-refractivity contribution in [2.24, 2.45) is 5.92 Å². The Morgan fingerprint density at radius 1 is 1.40 bits per heavy atom. The van der Waals surface area contributed by atoms with Crippen LogP contribution >= 0.6 is 0 Å². The molecule has 1 nitrogen and oxygen atoms in total. The van der Waals surface area contributed by atoms with Crippen molar-refractivity contribution in [3.8, 4) is 0 Å². The summed E-state index contributed by atoms with van der Waals surface area (Å²) in [6.07, 6.45) is 2.44. The Balaban J connectivity index is 2.32. The highest BCUT2D eigenvalue weighted by molar-refractivity contribution is 4.77. The summed E-state index contributed by atoms with van der Waals surface area (Å²) in [6, 6.07) is 0. The van der Waals surface area contributed by atoms with Gasteiger partial charge >= 0.3 is 0 Å². The van der Waals surface area contributed by atoms with Gasteiger partial charge in [0.05, 0.1) is 6.10 Å². The van der Waals surface area contributed by atoms with Gasteiger partial charge in [-0.25, -0.2) is 4.39 Å². The molecule has 10 heavy (non-hydrogen) atoms. The van der Waals surface area contributed by atoms with Crippen LogP contribution in [0.25, 0.3) is 0 Å². The fraction of sp³-hybridized carbons (Fsp3) is 1.00. The largest absolute Gasteiger partial charge is 0.390 e. The van der Waals surface area contributed by atoms with Crippen molar-refractivity contribution in [2.75, 3.05) is 0 Å². The van der Waals surface area contributed by atoms with E-state index in [1.54, 1.807) is 0 Å². The van der Waals surface area contributed by atoms with Crippen LogP contribution in [-0.2, 0) is 0 Å². The van der Waals surface area contributed by atoms with Crippen molar-refractivity contribution < 1.29 is 9.50 Å². The first-order valence-electron chi connectivity index (χ1n) is 4.04. The number of hydrogen-bond acceptors (Lipinski definition) is 1. The van der Waals surface area contributed by atoms with Crippen molar-refractivity contribution in [2.45, 2.75) is 44.9 Å². The zero-order valence-corrected chi connectivity index (χ0v) is 6.39. The molecule has 1 N–H and O–H groups in total. The maximum absolute atomic E-state index is 13.0. The standard InChI is InChI=1S/C8H15FO/c1-6(10)8(9)7-4-2-3-5-7/h6-8,10H,2-5H2,1H3. The van der Waals surface area contributed by atoms with Crippen molar-refractivity contribution >= 4 is 0 Å². The molecule has 1 aliphatic carbocycles. The van der Waals surface area contributed by atoms with Crippen molar-refractivity contribution in [1.29, 1.82) is 0 Å². The third-order valence-corrected chi connectivity index (χ3v) is 2.31. The van der Waals surface area contributed by atoms with Crippen LogP contribution in [0.1, 0.15) is 32.6 Å². The summed E-state index contributed by atoms with van der Waals surface area (Å²) in [5, 5.41) is 8.91. The summed E-state index contributed by atoms with van der Waals surface area (Å²) in [7, 11) is 0. The number of aliphatic hydroxyl groups excluding tert-OH is 1. The van der Waals surface area contributed by atoms with Crippen LogP contribution in [0.4, 0.5) is 4.39 Å². The molecule has 1 fully saturated rings. The molecule has 0 aromatic heterocycles. The molecule has 2 atom stereocenters. The number of halogens is 1. The van der Waals surface area contributed by atoms with Gasteiger partial charge in [0, 0.05) is 0 Å². The summed E-state index contributed by atoms with van der Waals surface area (Å²) in [5.41, 5.74) is 0. The summed E-state index contributed by atoms with van der Waals surface area (Å²) in [5.74, 6) is 0.139. The van der Waals surface area contributed by atoms with Gasteiger partial charge in [-0.2, -0.15) is 0 Å². The van der Waals surface area contributed by atoms with E-state index >= 15 is 0 Å². The number of hydrogen-bond donors (Lipinski definition) is 1. The van der Waals surface area contributed by atoms with Gasteiger partial charge in [-0.3, -0.25) is 0 Å². The lowest BCUT2D eigenvalue weighted by Gasteiger charge is -2.17. The second-order valence-corrected chi connectivity index (χ2v) is 3.23. The normalized spacial score (nSPS) is 26.7. The fourth-order valence-electron chi connectivity index (χ4n) is 1.67. The first-order chi connectivity index (χ1) is 4.72. The number of alkyl halides is 1. The van der Waals surface area contributed by atoms with Gasteiger partial charge in [-0.15, -0.1) is 0 Å². The molecule has 1 saturated carbocycles. The molecule has 1 rings (SSSR count). The molecule has 60 valence electrons. The van der Waals surface area contributed by atoms with Crippen molar-refractivity contribution in [3.63, 3.8) is 0 Å². The van der Waals surface area contributed by atoms with Crippen LogP contribution in [0.2, 0.25) is 0 Å². The third-order valence-electron chi connectivity index (χ3n) is 2.31. The summed E-state index contributed by atoms with van der Waals surface area (Å²) in [4.78, 5) is 0. The molecule has 0 heterocycles. The van der Waals surface area contributed by atoms with E-state index in [0.717, 1.165) is 25.7 Å². The molecule has 0 saturated heterocycles. The van der Waals surface area contributed by atoms with Gasteiger partial charge in [0.15, 0.2) is 0 Å². The summed E-state index contributed by atoms with van der Waals surface area (Å²) in [6.45, 7) is 1.53. The lowest BCUT2D eigenvalue weighted by Crippen LogP contribution is -2.25. The Kier molecular flexibility index (Phi) is 2.66. The zero-order valence-electron chi connectivity index (χ0n) is 6.39. The Labute approximate surface area is 61.2 Å². The predicted octanol–water partition coefficient (Wildman–Crippen LogP) is 1.90. The minimum atomic E-state index is -0.984. The minimum Gasteiger partial charge on any atom is -0.390 e. The zero-order chi connectivity index (χ0) is 7.56. The monoisotopic (exact) mass is 146 g/mol. The van der Waals surface area contributed by atoms with E-state index in [2.05, 4.69) is 0 Å². The van der Waals surface area contributed by atoms with Crippen LogP contribution in [0, 0.1) is 5.92 Å². The van der Waals surface area contributed by atoms with E-state index in [0.29, 0.717) is 0 Å². The smallest absolute Gasteiger partial charge is 0.128 e. The van der Waals surface area contributed by atoms with Gasteiger partial charge in [-0.1, -0.05) is 12.8 Å². The van der Waals surface area contributed by atoms with E-state index < -0.39 is 12.3 Å². The molecule has 0 amide bonds. The SMILES string of the molecule is CC(O)C(F)C1CCCC1. The van der Waals surface area contributed by atoms with Gasteiger partial charge in [0.2, 0.25) is 0 Å². The second kappa shape index (κ2) is 3.33. The fourth-order valence-corrected chi connectivity index (χ4v) is 1.67. The highest BCUT2D eigenvalue weighted by Gasteiger charge is 2.27. The Hall–Kier alpha value is -0.110. The average molecular weight is 146 g/mol. The summed E-state index contributed by atoms with van der Waals surface area (Å²) >= 11 is 0. The lowest BCUT2D eigenvalue weighted by atomic mass is 9.99. The molecule has 0 radical (unpaired) electrons. The molecular formula is C8H15FO. The molecule has 2 heteroatoms. The van der Waals surface area contributed by atoms with E-state index in [1.165, 1.54) is 6.92 Å². The Morgan fingerprint density at radius 2 is 1.90 bits per heavy atom. The maximum Gasteiger partial charge on any atom is 0.128 e. The first kappa shape index (κ1) is 7.99. The Bertz CT molecular complexity index is 97.4. The van der Waals surface area contributed by atoms with Crippen LogP contribution < -0.4 is 0 Å². The van der Waals surface area contributed by atoms with Gasteiger partial charge in [-0.05, 0) is 25.7 Å².